The Balaban J connectivity index is 1.50. The molecule has 2 aliphatic heterocycles. The minimum absolute atomic E-state index is 0.102. The smallest absolute Gasteiger partial charge is 0.336 e. The quantitative estimate of drug-likeness (QED) is 0.575. The molecule has 2 aromatic carbocycles. The van der Waals surface area contributed by atoms with Crippen LogP contribution in [0.2, 0.25) is 0 Å². The van der Waals surface area contributed by atoms with Crippen molar-refractivity contribution >= 4 is 22.8 Å². The molecule has 0 unspecified atom stereocenters. The molecule has 3 heterocycles. The van der Waals surface area contributed by atoms with Crippen molar-refractivity contribution in [3.8, 4) is 11.5 Å². The highest BCUT2D eigenvalue weighted by Gasteiger charge is 2.30. The number of hydrogen-bond donors (Lipinski definition) is 0. The normalized spacial score (nSPS) is 15.7. The molecule has 0 saturated heterocycles. The fourth-order valence-corrected chi connectivity index (χ4v) is 4.14. The molecule has 0 bridgehead atoms. The third kappa shape index (κ3) is 4.04. The van der Waals surface area contributed by atoms with E-state index in [1.54, 1.807) is 6.07 Å². The maximum Gasteiger partial charge on any atom is 0.336 e. The van der Waals surface area contributed by atoms with Crippen molar-refractivity contribution < 1.29 is 18.7 Å². The summed E-state index contributed by atoms with van der Waals surface area (Å²) in [4.78, 5) is 37.2. The van der Waals surface area contributed by atoms with E-state index >= 15 is 0 Å². The van der Waals surface area contributed by atoms with Crippen LogP contribution in [-0.2, 0) is 17.6 Å². The van der Waals surface area contributed by atoms with Gasteiger partial charge in [-0.2, -0.15) is 4.99 Å². The molecular weight excluding hydrogens is 422 g/mol. The van der Waals surface area contributed by atoms with E-state index < -0.39 is 11.5 Å². The summed E-state index contributed by atoms with van der Waals surface area (Å²) in [6.07, 6.45) is 2.11. The lowest BCUT2D eigenvalue weighted by atomic mass is 9.92. The Labute approximate surface area is 189 Å². The number of aliphatic imine (C=N–C) groups is 1. The van der Waals surface area contributed by atoms with Gasteiger partial charge in [-0.3, -0.25) is 4.79 Å². The molecule has 0 fully saturated rings. The first-order valence-electron chi connectivity index (χ1n) is 10.9. The average molecular weight is 445 g/mol. The van der Waals surface area contributed by atoms with Crippen molar-refractivity contribution in [2.24, 2.45) is 15.0 Å². The van der Waals surface area contributed by atoms with Gasteiger partial charge in [0, 0.05) is 17.7 Å². The lowest BCUT2D eigenvalue weighted by Gasteiger charge is -2.33. The predicted octanol–water partition coefficient (Wildman–Crippen LogP) is 2.67. The molecule has 0 N–H and O–H groups in total. The van der Waals surface area contributed by atoms with Crippen LogP contribution in [0.5, 0.6) is 11.5 Å². The zero-order valence-corrected chi connectivity index (χ0v) is 18.7. The average Bonchev–Trinajstić information content (AvgIpc) is 3.18. The molecule has 33 heavy (non-hydrogen) atoms. The number of rotatable bonds is 4. The van der Waals surface area contributed by atoms with Crippen molar-refractivity contribution in [1.29, 1.82) is 0 Å². The van der Waals surface area contributed by atoms with E-state index in [0.29, 0.717) is 46.0 Å². The third-order valence-electron chi connectivity index (χ3n) is 5.77. The molecule has 0 saturated carbocycles. The van der Waals surface area contributed by atoms with E-state index in [1.807, 2.05) is 45.0 Å². The Morgan fingerprint density at radius 3 is 2.61 bits per heavy atom. The largest absolute Gasteiger partial charge is 0.487 e. The summed E-state index contributed by atoms with van der Waals surface area (Å²) in [6.45, 7) is 5.65. The topological polar surface area (TPSA) is 103 Å². The number of para-hydroxylation sites is 2. The molecule has 0 aliphatic carbocycles. The van der Waals surface area contributed by atoms with Gasteiger partial charge in [0.05, 0.1) is 16.1 Å². The Morgan fingerprint density at radius 2 is 1.91 bits per heavy atom. The molecule has 3 aromatic rings. The van der Waals surface area contributed by atoms with Crippen LogP contribution in [0.15, 0.2) is 60.6 Å². The van der Waals surface area contributed by atoms with Crippen LogP contribution in [0.1, 0.15) is 38.3 Å². The fraction of sp³-hybridized carbons (Fsp3) is 0.320. The molecule has 2 aliphatic rings. The van der Waals surface area contributed by atoms with Gasteiger partial charge < -0.3 is 13.9 Å². The highest BCUT2D eigenvalue weighted by Crippen LogP contribution is 2.42. The van der Waals surface area contributed by atoms with Crippen LogP contribution < -0.4 is 25.8 Å². The van der Waals surface area contributed by atoms with Gasteiger partial charge in [0.2, 0.25) is 0 Å². The summed E-state index contributed by atoms with van der Waals surface area (Å²) >= 11 is 0. The summed E-state index contributed by atoms with van der Waals surface area (Å²) < 4.78 is 17.7. The lowest BCUT2D eigenvalue weighted by Crippen LogP contribution is -2.32. The lowest BCUT2D eigenvalue weighted by molar-refractivity contribution is -0.119. The predicted molar refractivity (Wildman–Crippen MR) is 122 cm³/mol. The minimum atomic E-state index is -0.521. The second-order valence-corrected chi connectivity index (χ2v) is 8.67. The molecule has 1 aromatic heterocycles. The summed E-state index contributed by atoms with van der Waals surface area (Å²) in [5, 5.41) is 2.03. The number of carbonyl (C=O) groups is 1. The molecule has 0 atom stereocenters. The number of guanidine groups is 1. The third-order valence-corrected chi connectivity index (χ3v) is 5.77. The second kappa shape index (κ2) is 7.95. The van der Waals surface area contributed by atoms with Crippen molar-refractivity contribution in [2.75, 3.05) is 6.61 Å². The molecule has 8 nitrogen and oxygen atoms in total. The Bertz CT molecular complexity index is 1460. The number of nitrogens with zero attached hydrogens (tertiary/aromatic N) is 3. The SMILES string of the molecule is CCc1cc(=O)oc2c3c(cc(OCC(=O)N=C4N=c5ccccc5=N4)c12)OC(C)(C)CC3. The minimum Gasteiger partial charge on any atom is -0.487 e. The number of ether oxygens (including phenoxy) is 2. The van der Waals surface area contributed by atoms with Crippen molar-refractivity contribution in [2.45, 2.75) is 45.6 Å². The number of carbonyl (C=O) groups excluding carboxylic acids is 1. The number of hydrogen-bond acceptors (Lipinski definition) is 5. The number of amides is 1. The highest BCUT2D eigenvalue weighted by molar-refractivity contribution is 5.96. The first kappa shape index (κ1) is 21.1. The van der Waals surface area contributed by atoms with Gasteiger partial charge in [-0.15, -0.1) is 0 Å². The van der Waals surface area contributed by atoms with E-state index in [2.05, 4.69) is 15.0 Å². The standard InChI is InChI=1S/C25H23N3O5/c1-4-14-11-21(30)32-23-15-9-10-25(2,3)33-18(15)12-19(22(14)23)31-13-20(29)28-24-26-16-7-5-6-8-17(16)27-24/h5-8,11-12H,4,9-10,13H2,1-3H3. The molecule has 168 valence electrons. The van der Waals surface area contributed by atoms with Crippen LogP contribution in [0.3, 0.4) is 0 Å². The summed E-state index contributed by atoms with van der Waals surface area (Å²) in [5.74, 6) is 0.595. The zero-order chi connectivity index (χ0) is 23.2. The van der Waals surface area contributed by atoms with Crippen LogP contribution in [0.4, 0.5) is 0 Å². The van der Waals surface area contributed by atoms with Crippen molar-refractivity contribution in [3.63, 3.8) is 0 Å². The Hall–Kier alpha value is -3.81. The molecule has 0 spiro atoms. The van der Waals surface area contributed by atoms with Gasteiger partial charge in [-0.1, -0.05) is 19.1 Å². The van der Waals surface area contributed by atoms with Crippen LogP contribution in [-0.4, -0.2) is 24.1 Å². The fourth-order valence-electron chi connectivity index (χ4n) is 4.14. The first-order valence-corrected chi connectivity index (χ1v) is 10.9. The van der Waals surface area contributed by atoms with E-state index in [1.165, 1.54) is 6.07 Å². The molecule has 5 rings (SSSR count). The number of benzene rings is 2. The summed E-state index contributed by atoms with van der Waals surface area (Å²) in [7, 11) is 0. The monoisotopic (exact) mass is 445 g/mol. The Kier molecular flexibility index (Phi) is 5.08. The molecule has 1 amide bonds. The van der Waals surface area contributed by atoms with E-state index in [0.717, 1.165) is 17.5 Å². The molecule has 0 radical (unpaired) electrons. The molecular formula is C25H23N3O5. The van der Waals surface area contributed by atoms with Gasteiger partial charge >= 0.3 is 5.63 Å². The van der Waals surface area contributed by atoms with Crippen LogP contribution >= 0.6 is 0 Å². The zero-order valence-electron chi connectivity index (χ0n) is 18.7. The second-order valence-electron chi connectivity index (χ2n) is 8.67. The van der Waals surface area contributed by atoms with Gasteiger partial charge in [0.1, 0.15) is 22.7 Å². The maximum absolute atomic E-state index is 12.5. The van der Waals surface area contributed by atoms with Crippen LogP contribution in [0.25, 0.3) is 11.0 Å². The van der Waals surface area contributed by atoms with E-state index in [-0.39, 0.29) is 18.2 Å². The Morgan fingerprint density at radius 1 is 1.18 bits per heavy atom. The molecule has 8 heteroatoms. The highest BCUT2D eigenvalue weighted by atomic mass is 16.5. The van der Waals surface area contributed by atoms with Gasteiger partial charge in [0.15, 0.2) is 6.61 Å². The number of aryl methyl sites for hydroxylation is 2. The van der Waals surface area contributed by atoms with E-state index in [9.17, 15) is 9.59 Å². The van der Waals surface area contributed by atoms with E-state index in [4.69, 9.17) is 13.9 Å². The van der Waals surface area contributed by atoms with Gasteiger partial charge in [-0.25, -0.2) is 14.8 Å². The van der Waals surface area contributed by atoms with Crippen molar-refractivity contribution in [1.82, 2.24) is 0 Å². The number of fused-ring (bicyclic) bond motifs is 4. The summed E-state index contributed by atoms with van der Waals surface area (Å²) in [5.41, 5.74) is 1.31. The first-order chi connectivity index (χ1) is 15.8. The van der Waals surface area contributed by atoms with Crippen LogP contribution in [0, 0.1) is 0 Å². The van der Waals surface area contributed by atoms with Crippen molar-refractivity contribution in [3.05, 3.63) is 68.7 Å². The summed E-state index contributed by atoms with van der Waals surface area (Å²) in [6, 6.07) is 10.6. The van der Waals surface area contributed by atoms with Gasteiger partial charge in [0.25, 0.3) is 11.9 Å². The maximum atomic E-state index is 12.5. The van der Waals surface area contributed by atoms with Gasteiger partial charge in [-0.05, 0) is 50.8 Å².